The summed E-state index contributed by atoms with van der Waals surface area (Å²) in [7, 11) is 0. The summed E-state index contributed by atoms with van der Waals surface area (Å²) in [5.41, 5.74) is 7.10. The summed E-state index contributed by atoms with van der Waals surface area (Å²) in [4.78, 5) is 12.3. The number of nitrogen functional groups attached to an aromatic ring is 1. The number of ketones is 1. The van der Waals surface area contributed by atoms with E-state index in [2.05, 4.69) is 15.9 Å². The van der Waals surface area contributed by atoms with Gasteiger partial charge in [-0.15, -0.1) is 0 Å². The SMILES string of the molecule is Nc1cc(Br)c(C(=O)c2ccc(Cl)cc2)cc1Cl. The number of carbonyl (C=O) groups excluding carboxylic acids is 1. The lowest BCUT2D eigenvalue weighted by Crippen LogP contribution is -2.03. The standard InChI is InChI=1S/C13H8BrCl2NO/c14-10-6-12(17)11(16)5-9(10)13(18)7-1-3-8(15)4-2-7/h1-6H,17H2. The van der Waals surface area contributed by atoms with Gasteiger partial charge in [0, 0.05) is 20.6 Å². The minimum Gasteiger partial charge on any atom is -0.397 e. The monoisotopic (exact) mass is 343 g/mol. The summed E-state index contributed by atoms with van der Waals surface area (Å²) in [6.45, 7) is 0. The first kappa shape index (κ1) is 13.4. The minimum absolute atomic E-state index is 0.138. The van der Waals surface area contributed by atoms with Gasteiger partial charge in [0.25, 0.3) is 0 Å². The molecule has 0 aliphatic heterocycles. The normalized spacial score (nSPS) is 10.4. The third kappa shape index (κ3) is 2.69. The van der Waals surface area contributed by atoms with Gasteiger partial charge >= 0.3 is 0 Å². The van der Waals surface area contributed by atoms with E-state index in [1.807, 2.05) is 0 Å². The number of carbonyl (C=O) groups is 1. The second-order valence-electron chi connectivity index (χ2n) is 3.69. The highest BCUT2D eigenvalue weighted by atomic mass is 79.9. The number of hydrogen-bond donors (Lipinski definition) is 1. The maximum absolute atomic E-state index is 12.3. The highest BCUT2D eigenvalue weighted by Crippen LogP contribution is 2.29. The van der Waals surface area contributed by atoms with E-state index >= 15 is 0 Å². The molecule has 0 spiro atoms. The lowest BCUT2D eigenvalue weighted by molar-refractivity contribution is 0.103. The molecule has 0 saturated heterocycles. The van der Waals surface area contributed by atoms with E-state index in [9.17, 15) is 4.79 Å². The van der Waals surface area contributed by atoms with Gasteiger partial charge in [0.15, 0.2) is 5.78 Å². The molecule has 0 radical (unpaired) electrons. The Morgan fingerprint density at radius 3 is 2.33 bits per heavy atom. The van der Waals surface area contributed by atoms with Crippen LogP contribution in [0.15, 0.2) is 40.9 Å². The summed E-state index contributed by atoms with van der Waals surface area (Å²) in [6, 6.07) is 9.84. The summed E-state index contributed by atoms with van der Waals surface area (Å²) in [5, 5.41) is 0.941. The molecule has 0 amide bonds. The predicted octanol–water partition coefficient (Wildman–Crippen LogP) is 4.57. The van der Waals surface area contributed by atoms with Crippen molar-refractivity contribution in [2.24, 2.45) is 0 Å². The summed E-state index contributed by atoms with van der Waals surface area (Å²) in [5.74, 6) is -0.138. The van der Waals surface area contributed by atoms with Crippen LogP contribution in [0.3, 0.4) is 0 Å². The Bertz CT molecular complexity index is 611. The molecule has 2 N–H and O–H groups in total. The largest absolute Gasteiger partial charge is 0.397 e. The van der Waals surface area contributed by atoms with Crippen molar-refractivity contribution in [3.63, 3.8) is 0 Å². The van der Waals surface area contributed by atoms with Crippen molar-refractivity contribution < 1.29 is 4.79 Å². The van der Waals surface area contributed by atoms with Crippen molar-refractivity contribution in [3.05, 3.63) is 62.0 Å². The van der Waals surface area contributed by atoms with Gasteiger partial charge in [-0.1, -0.05) is 23.2 Å². The lowest BCUT2D eigenvalue weighted by Gasteiger charge is -2.07. The highest BCUT2D eigenvalue weighted by Gasteiger charge is 2.14. The molecule has 0 fully saturated rings. The van der Waals surface area contributed by atoms with Crippen LogP contribution in [0.4, 0.5) is 5.69 Å². The van der Waals surface area contributed by atoms with E-state index < -0.39 is 0 Å². The number of hydrogen-bond acceptors (Lipinski definition) is 2. The number of rotatable bonds is 2. The van der Waals surface area contributed by atoms with Crippen molar-refractivity contribution in [3.8, 4) is 0 Å². The quantitative estimate of drug-likeness (QED) is 0.640. The predicted molar refractivity (Wildman–Crippen MR) is 78.4 cm³/mol. The first-order chi connectivity index (χ1) is 8.49. The van der Waals surface area contributed by atoms with Gasteiger partial charge in [-0.05, 0) is 52.3 Å². The highest BCUT2D eigenvalue weighted by molar-refractivity contribution is 9.10. The summed E-state index contributed by atoms with van der Waals surface area (Å²) in [6.07, 6.45) is 0. The molecule has 0 heterocycles. The number of anilines is 1. The third-order valence-electron chi connectivity index (χ3n) is 2.44. The Balaban J connectivity index is 2.46. The van der Waals surface area contributed by atoms with E-state index in [1.165, 1.54) is 0 Å². The van der Waals surface area contributed by atoms with Crippen molar-refractivity contribution in [2.75, 3.05) is 5.73 Å². The second-order valence-corrected chi connectivity index (χ2v) is 5.39. The Morgan fingerprint density at radius 1 is 1.11 bits per heavy atom. The molecule has 0 unspecified atom stereocenters. The van der Waals surface area contributed by atoms with Crippen LogP contribution >= 0.6 is 39.1 Å². The summed E-state index contributed by atoms with van der Waals surface area (Å²) >= 11 is 15.0. The molecule has 92 valence electrons. The van der Waals surface area contributed by atoms with Gasteiger partial charge < -0.3 is 5.73 Å². The van der Waals surface area contributed by atoms with E-state index in [1.54, 1.807) is 36.4 Å². The zero-order valence-corrected chi connectivity index (χ0v) is 12.2. The molecule has 0 atom stereocenters. The fourth-order valence-electron chi connectivity index (χ4n) is 1.49. The number of benzene rings is 2. The van der Waals surface area contributed by atoms with Crippen molar-refractivity contribution in [1.82, 2.24) is 0 Å². The second kappa shape index (κ2) is 5.31. The zero-order valence-electron chi connectivity index (χ0n) is 9.08. The molecule has 0 saturated carbocycles. The fraction of sp³-hybridized carbons (Fsp3) is 0. The molecule has 5 heteroatoms. The summed E-state index contributed by atoms with van der Waals surface area (Å²) < 4.78 is 0.615. The lowest BCUT2D eigenvalue weighted by atomic mass is 10.0. The molecule has 2 aromatic carbocycles. The average Bonchev–Trinajstić information content (AvgIpc) is 2.34. The van der Waals surface area contributed by atoms with Crippen LogP contribution in [-0.4, -0.2) is 5.78 Å². The molecule has 0 aliphatic carbocycles. The van der Waals surface area contributed by atoms with Gasteiger partial charge in [0.1, 0.15) is 0 Å². The Hall–Kier alpha value is -1.03. The molecule has 0 bridgehead atoms. The van der Waals surface area contributed by atoms with E-state index in [0.717, 1.165) is 0 Å². The van der Waals surface area contributed by atoms with Crippen LogP contribution < -0.4 is 5.73 Å². The smallest absolute Gasteiger partial charge is 0.194 e. The van der Waals surface area contributed by atoms with Crippen molar-refractivity contribution in [2.45, 2.75) is 0 Å². The van der Waals surface area contributed by atoms with Crippen molar-refractivity contribution >= 4 is 50.6 Å². The van der Waals surface area contributed by atoms with Gasteiger partial charge in [-0.2, -0.15) is 0 Å². The Morgan fingerprint density at radius 2 is 1.72 bits per heavy atom. The van der Waals surface area contributed by atoms with Gasteiger partial charge in [0.05, 0.1) is 10.7 Å². The average molecular weight is 345 g/mol. The molecule has 2 nitrogen and oxygen atoms in total. The minimum atomic E-state index is -0.138. The number of nitrogens with two attached hydrogens (primary N) is 1. The molecule has 18 heavy (non-hydrogen) atoms. The molecular weight excluding hydrogens is 337 g/mol. The topological polar surface area (TPSA) is 43.1 Å². The van der Waals surface area contributed by atoms with Gasteiger partial charge in [-0.25, -0.2) is 0 Å². The van der Waals surface area contributed by atoms with Crippen LogP contribution in [0.1, 0.15) is 15.9 Å². The van der Waals surface area contributed by atoms with Crippen LogP contribution in [0.25, 0.3) is 0 Å². The van der Waals surface area contributed by atoms with E-state index in [4.69, 9.17) is 28.9 Å². The fourth-order valence-corrected chi connectivity index (χ4v) is 2.32. The van der Waals surface area contributed by atoms with Crippen LogP contribution in [0, 0.1) is 0 Å². The molecular formula is C13H8BrCl2NO. The third-order valence-corrected chi connectivity index (χ3v) is 3.67. The van der Waals surface area contributed by atoms with Crippen LogP contribution in [-0.2, 0) is 0 Å². The maximum atomic E-state index is 12.3. The van der Waals surface area contributed by atoms with Gasteiger partial charge in [0.2, 0.25) is 0 Å². The Kier molecular flexibility index (Phi) is 3.95. The molecule has 0 aromatic heterocycles. The molecule has 2 rings (SSSR count). The van der Waals surface area contributed by atoms with E-state index in [0.29, 0.717) is 31.3 Å². The Labute approximate surface area is 123 Å². The first-order valence-corrected chi connectivity index (χ1v) is 6.58. The first-order valence-electron chi connectivity index (χ1n) is 5.04. The molecule has 2 aromatic rings. The van der Waals surface area contributed by atoms with Crippen molar-refractivity contribution in [1.29, 1.82) is 0 Å². The zero-order chi connectivity index (χ0) is 13.3. The van der Waals surface area contributed by atoms with Crippen LogP contribution in [0.5, 0.6) is 0 Å². The number of halogens is 3. The van der Waals surface area contributed by atoms with Gasteiger partial charge in [-0.3, -0.25) is 4.79 Å². The van der Waals surface area contributed by atoms with E-state index in [-0.39, 0.29) is 5.78 Å². The molecule has 0 aliphatic rings. The van der Waals surface area contributed by atoms with Crippen LogP contribution in [0.2, 0.25) is 10.0 Å². The maximum Gasteiger partial charge on any atom is 0.194 e.